The molecule has 0 spiro atoms. The fourth-order valence-corrected chi connectivity index (χ4v) is 4.00. The lowest BCUT2D eigenvalue weighted by Crippen LogP contribution is -2.26. The predicted octanol–water partition coefficient (Wildman–Crippen LogP) is 2.91. The predicted molar refractivity (Wildman–Crippen MR) is 104 cm³/mol. The third kappa shape index (κ3) is 4.76. The van der Waals surface area contributed by atoms with Crippen molar-refractivity contribution in [1.82, 2.24) is 4.72 Å². The number of aryl methyl sites for hydroxylation is 1. The highest BCUT2D eigenvalue weighted by molar-refractivity contribution is 7.89. The van der Waals surface area contributed by atoms with Gasteiger partial charge in [-0.05, 0) is 61.2 Å². The lowest BCUT2D eigenvalue weighted by Gasteiger charge is -2.14. The number of benzene rings is 2. The number of rotatable bonds is 9. The smallest absolute Gasteiger partial charge is 0.240 e. The molecule has 0 aliphatic carbocycles. The third-order valence-corrected chi connectivity index (χ3v) is 5.87. The molecule has 2 N–H and O–H groups in total. The minimum Gasteiger partial charge on any atom is -0.493 e. The summed E-state index contributed by atoms with van der Waals surface area (Å²) in [6.07, 6.45) is 0.297. The number of aliphatic hydroxyl groups excluding tert-OH is 1. The average Bonchev–Trinajstić information content (AvgIpc) is 3.14. The number of fused-ring (bicyclic) bond motifs is 1. The van der Waals surface area contributed by atoms with Crippen molar-refractivity contribution >= 4 is 10.0 Å². The van der Waals surface area contributed by atoms with Gasteiger partial charge in [-0.3, -0.25) is 0 Å². The number of hydrogen-bond donors (Lipinski definition) is 2. The Labute approximate surface area is 165 Å². The first-order valence-electron chi connectivity index (χ1n) is 9.21. The molecular weight excluding hydrogens is 382 g/mol. The van der Waals surface area contributed by atoms with Crippen LogP contribution in [-0.4, -0.2) is 33.5 Å². The zero-order valence-electron chi connectivity index (χ0n) is 16.0. The Kier molecular flexibility index (Phi) is 6.43. The summed E-state index contributed by atoms with van der Waals surface area (Å²) < 4.78 is 43.7. The summed E-state index contributed by atoms with van der Waals surface area (Å²) in [4.78, 5) is 0.173. The number of nitrogens with one attached hydrogen (secondary N) is 1. The zero-order valence-corrected chi connectivity index (χ0v) is 16.8. The molecule has 0 amide bonds. The molecule has 1 unspecified atom stereocenters. The SMILES string of the molecule is CCCOc1ccc(S(=O)(=O)NCCC(O)c2ccc3c(c2)OCO3)cc1C. The first-order chi connectivity index (χ1) is 13.4. The molecular formula is C20H25NO6S. The number of ether oxygens (including phenoxy) is 3. The van der Waals surface area contributed by atoms with E-state index in [0.717, 1.165) is 12.0 Å². The molecule has 28 heavy (non-hydrogen) atoms. The lowest BCUT2D eigenvalue weighted by atomic mass is 10.1. The van der Waals surface area contributed by atoms with Crippen LogP contribution in [0.15, 0.2) is 41.3 Å². The molecule has 2 aromatic carbocycles. The summed E-state index contributed by atoms with van der Waals surface area (Å²) in [6.45, 7) is 4.67. The van der Waals surface area contributed by atoms with Gasteiger partial charge in [0.1, 0.15) is 5.75 Å². The van der Waals surface area contributed by atoms with Crippen molar-refractivity contribution in [1.29, 1.82) is 0 Å². The van der Waals surface area contributed by atoms with Gasteiger partial charge in [-0.2, -0.15) is 0 Å². The number of hydrogen-bond acceptors (Lipinski definition) is 6. The van der Waals surface area contributed by atoms with Crippen molar-refractivity contribution < 1.29 is 27.7 Å². The molecule has 0 saturated carbocycles. The average molecular weight is 407 g/mol. The lowest BCUT2D eigenvalue weighted by molar-refractivity contribution is 0.166. The summed E-state index contributed by atoms with van der Waals surface area (Å²) in [5, 5.41) is 10.3. The highest BCUT2D eigenvalue weighted by atomic mass is 32.2. The second-order valence-corrected chi connectivity index (χ2v) is 8.36. The van der Waals surface area contributed by atoms with E-state index in [1.807, 2.05) is 13.8 Å². The first kappa shape index (κ1) is 20.4. The monoisotopic (exact) mass is 407 g/mol. The van der Waals surface area contributed by atoms with Crippen LogP contribution in [0.4, 0.5) is 0 Å². The van der Waals surface area contributed by atoms with E-state index in [1.165, 1.54) is 6.07 Å². The van der Waals surface area contributed by atoms with Crippen molar-refractivity contribution in [2.24, 2.45) is 0 Å². The van der Waals surface area contributed by atoms with E-state index < -0.39 is 16.1 Å². The van der Waals surface area contributed by atoms with E-state index in [9.17, 15) is 13.5 Å². The fourth-order valence-electron chi connectivity index (χ4n) is 2.86. The zero-order chi connectivity index (χ0) is 20.1. The third-order valence-electron chi connectivity index (χ3n) is 4.41. The summed E-state index contributed by atoms with van der Waals surface area (Å²) in [5.74, 6) is 1.90. The minimum atomic E-state index is -3.67. The maximum Gasteiger partial charge on any atom is 0.240 e. The Morgan fingerprint density at radius 2 is 1.96 bits per heavy atom. The molecule has 0 radical (unpaired) electrons. The van der Waals surface area contributed by atoms with Crippen molar-refractivity contribution in [3.63, 3.8) is 0 Å². The molecule has 1 atom stereocenters. The Morgan fingerprint density at radius 3 is 2.71 bits per heavy atom. The number of aliphatic hydroxyl groups is 1. The maximum absolute atomic E-state index is 12.5. The molecule has 1 aliphatic heterocycles. The Balaban J connectivity index is 1.58. The molecule has 0 saturated heterocycles. The molecule has 3 rings (SSSR count). The van der Waals surface area contributed by atoms with Gasteiger partial charge in [-0.1, -0.05) is 13.0 Å². The summed E-state index contributed by atoms with van der Waals surface area (Å²) in [6, 6.07) is 9.96. The summed E-state index contributed by atoms with van der Waals surface area (Å²) in [7, 11) is -3.67. The normalized spacial score (nSPS) is 14.1. The van der Waals surface area contributed by atoms with Crippen molar-refractivity contribution in [2.45, 2.75) is 37.7 Å². The second-order valence-electron chi connectivity index (χ2n) is 6.59. The Hall–Kier alpha value is -2.29. The van der Waals surface area contributed by atoms with E-state index in [0.29, 0.717) is 29.4 Å². The number of sulfonamides is 1. The van der Waals surface area contributed by atoms with Crippen LogP contribution in [0.2, 0.25) is 0 Å². The van der Waals surface area contributed by atoms with Crippen LogP contribution in [0.1, 0.15) is 37.0 Å². The van der Waals surface area contributed by atoms with Crippen LogP contribution < -0.4 is 18.9 Å². The van der Waals surface area contributed by atoms with Gasteiger partial charge in [0.15, 0.2) is 11.5 Å². The largest absolute Gasteiger partial charge is 0.493 e. The van der Waals surface area contributed by atoms with Gasteiger partial charge in [-0.25, -0.2) is 13.1 Å². The van der Waals surface area contributed by atoms with Crippen LogP contribution >= 0.6 is 0 Å². The second kappa shape index (κ2) is 8.81. The van der Waals surface area contributed by atoms with Crippen molar-refractivity contribution in [2.75, 3.05) is 19.9 Å². The molecule has 8 heteroatoms. The van der Waals surface area contributed by atoms with Crippen LogP contribution in [0.5, 0.6) is 17.2 Å². The van der Waals surface area contributed by atoms with Crippen LogP contribution in [-0.2, 0) is 10.0 Å². The molecule has 2 aromatic rings. The molecule has 152 valence electrons. The first-order valence-corrected chi connectivity index (χ1v) is 10.7. The molecule has 0 aromatic heterocycles. The molecule has 7 nitrogen and oxygen atoms in total. The van der Waals surface area contributed by atoms with Gasteiger partial charge in [0.25, 0.3) is 0 Å². The van der Waals surface area contributed by atoms with Gasteiger partial charge in [-0.15, -0.1) is 0 Å². The van der Waals surface area contributed by atoms with Crippen LogP contribution in [0.3, 0.4) is 0 Å². The molecule has 0 fully saturated rings. The summed E-state index contributed by atoms with van der Waals surface area (Å²) in [5.41, 5.74) is 1.41. The fraction of sp³-hybridized carbons (Fsp3) is 0.400. The van der Waals surface area contributed by atoms with Gasteiger partial charge < -0.3 is 19.3 Å². The van der Waals surface area contributed by atoms with Gasteiger partial charge in [0.05, 0.1) is 17.6 Å². The highest BCUT2D eigenvalue weighted by Crippen LogP contribution is 2.34. The van der Waals surface area contributed by atoms with E-state index in [1.54, 1.807) is 30.3 Å². The van der Waals surface area contributed by atoms with E-state index in [2.05, 4.69) is 4.72 Å². The molecule has 1 heterocycles. The van der Waals surface area contributed by atoms with Gasteiger partial charge in [0, 0.05) is 6.54 Å². The highest BCUT2D eigenvalue weighted by Gasteiger charge is 2.19. The molecule has 1 aliphatic rings. The standard InChI is InChI=1S/C20H25NO6S/c1-3-10-25-18-7-5-16(11-14(18)2)28(23,24)21-9-8-17(22)15-4-6-19-20(12-15)27-13-26-19/h4-7,11-12,17,21-22H,3,8-10,13H2,1-2H3. The van der Waals surface area contributed by atoms with Crippen molar-refractivity contribution in [3.8, 4) is 17.2 Å². The Bertz CT molecular complexity index is 928. The van der Waals surface area contributed by atoms with E-state index in [-0.39, 0.29) is 24.7 Å². The summed E-state index contributed by atoms with van der Waals surface area (Å²) >= 11 is 0. The van der Waals surface area contributed by atoms with E-state index >= 15 is 0 Å². The minimum absolute atomic E-state index is 0.102. The van der Waals surface area contributed by atoms with E-state index in [4.69, 9.17) is 14.2 Å². The van der Waals surface area contributed by atoms with Crippen LogP contribution in [0, 0.1) is 6.92 Å². The Morgan fingerprint density at radius 1 is 1.18 bits per heavy atom. The topological polar surface area (TPSA) is 94.1 Å². The maximum atomic E-state index is 12.5. The quantitative estimate of drug-likeness (QED) is 0.664. The van der Waals surface area contributed by atoms with Gasteiger partial charge >= 0.3 is 0 Å². The van der Waals surface area contributed by atoms with Gasteiger partial charge in [0.2, 0.25) is 16.8 Å². The van der Waals surface area contributed by atoms with Crippen molar-refractivity contribution in [3.05, 3.63) is 47.5 Å². The van der Waals surface area contributed by atoms with Crippen LogP contribution in [0.25, 0.3) is 0 Å². The molecule has 0 bridgehead atoms.